The maximum absolute atomic E-state index is 12.1. The summed E-state index contributed by atoms with van der Waals surface area (Å²) in [6.45, 7) is 3.56. The lowest BCUT2D eigenvalue weighted by Crippen LogP contribution is -2.29. The van der Waals surface area contributed by atoms with Gasteiger partial charge in [-0.1, -0.05) is 30.3 Å². The van der Waals surface area contributed by atoms with Crippen molar-refractivity contribution in [3.63, 3.8) is 0 Å². The summed E-state index contributed by atoms with van der Waals surface area (Å²) in [4.78, 5) is 16.5. The van der Waals surface area contributed by atoms with E-state index < -0.39 is 0 Å². The zero-order valence-electron chi connectivity index (χ0n) is 14.8. The van der Waals surface area contributed by atoms with Gasteiger partial charge in [-0.05, 0) is 50.3 Å². The molecule has 5 heteroatoms. The summed E-state index contributed by atoms with van der Waals surface area (Å²) in [6.07, 6.45) is 8.76. The standard InChI is InChI=1S/C20H28N4O/c25-20(7-6-18-8-11-21-12-9-18)23-16-19-22-13-15-24(19)14-10-17-4-2-1-3-5-17/h1-5,13,15,18,21H,6-12,14,16H2,(H,23,25). The molecule has 134 valence electrons. The Morgan fingerprint density at radius 1 is 1.24 bits per heavy atom. The minimum atomic E-state index is 0.135. The Labute approximate surface area is 149 Å². The van der Waals surface area contributed by atoms with E-state index in [0.717, 1.165) is 38.3 Å². The summed E-state index contributed by atoms with van der Waals surface area (Å²) >= 11 is 0. The van der Waals surface area contributed by atoms with E-state index >= 15 is 0 Å². The molecule has 2 heterocycles. The van der Waals surface area contributed by atoms with E-state index in [1.54, 1.807) is 0 Å². The summed E-state index contributed by atoms with van der Waals surface area (Å²) in [5.74, 6) is 1.75. The Morgan fingerprint density at radius 3 is 2.84 bits per heavy atom. The van der Waals surface area contributed by atoms with Gasteiger partial charge in [-0.3, -0.25) is 4.79 Å². The molecule has 1 fully saturated rings. The van der Waals surface area contributed by atoms with Gasteiger partial charge in [0.1, 0.15) is 5.82 Å². The van der Waals surface area contributed by atoms with E-state index in [2.05, 4.69) is 44.5 Å². The fraction of sp³-hybridized carbons (Fsp3) is 0.500. The number of carbonyl (C=O) groups excluding carboxylic acids is 1. The fourth-order valence-corrected chi connectivity index (χ4v) is 3.38. The second kappa shape index (κ2) is 9.37. The SMILES string of the molecule is O=C(CCC1CCNCC1)NCc1nccn1CCc1ccccc1. The Morgan fingerprint density at radius 2 is 2.04 bits per heavy atom. The van der Waals surface area contributed by atoms with E-state index in [1.807, 2.05) is 18.5 Å². The summed E-state index contributed by atoms with van der Waals surface area (Å²) < 4.78 is 2.13. The predicted molar refractivity (Wildman–Crippen MR) is 99.0 cm³/mol. The average Bonchev–Trinajstić information content (AvgIpc) is 3.12. The third kappa shape index (κ3) is 5.71. The van der Waals surface area contributed by atoms with Crippen LogP contribution in [0.25, 0.3) is 0 Å². The first-order valence-electron chi connectivity index (χ1n) is 9.32. The van der Waals surface area contributed by atoms with Crippen molar-refractivity contribution in [2.24, 2.45) is 5.92 Å². The van der Waals surface area contributed by atoms with Gasteiger partial charge in [0, 0.05) is 25.4 Å². The largest absolute Gasteiger partial charge is 0.349 e. The summed E-state index contributed by atoms with van der Waals surface area (Å²) in [6, 6.07) is 10.4. The van der Waals surface area contributed by atoms with Crippen LogP contribution in [-0.4, -0.2) is 28.5 Å². The number of piperidine rings is 1. The van der Waals surface area contributed by atoms with Crippen molar-refractivity contribution in [3.05, 3.63) is 54.1 Å². The third-order valence-electron chi connectivity index (χ3n) is 4.97. The molecule has 1 aromatic heterocycles. The Balaban J connectivity index is 1.40. The van der Waals surface area contributed by atoms with E-state index in [4.69, 9.17) is 0 Å². The highest BCUT2D eigenvalue weighted by Gasteiger charge is 2.14. The molecule has 1 amide bonds. The van der Waals surface area contributed by atoms with Crippen LogP contribution in [0, 0.1) is 5.92 Å². The molecule has 0 aliphatic carbocycles. The number of benzene rings is 1. The zero-order chi connectivity index (χ0) is 17.3. The quantitative estimate of drug-likeness (QED) is 0.776. The molecule has 3 rings (SSSR count). The van der Waals surface area contributed by atoms with Gasteiger partial charge in [0.2, 0.25) is 5.91 Å². The highest BCUT2D eigenvalue weighted by atomic mass is 16.1. The van der Waals surface area contributed by atoms with Crippen LogP contribution >= 0.6 is 0 Å². The first kappa shape index (κ1) is 17.7. The Bertz CT molecular complexity index is 647. The number of nitrogens with zero attached hydrogens (tertiary/aromatic N) is 2. The number of hydrogen-bond donors (Lipinski definition) is 2. The minimum Gasteiger partial charge on any atom is -0.349 e. The van der Waals surface area contributed by atoms with Crippen molar-refractivity contribution >= 4 is 5.91 Å². The summed E-state index contributed by atoms with van der Waals surface area (Å²) in [5.41, 5.74) is 1.31. The van der Waals surface area contributed by atoms with E-state index in [-0.39, 0.29) is 5.91 Å². The number of nitrogens with one attached hydrogen (secondary N) is 2. The number of hydrogen-bond acceptors (Lipinski definition) is 3. The molecule has 5 nitrogen and oxygen atoms in total. The van der Waals surface area contributed by atoms with Crippen LogP contribution in [0.2, 0.25) is 0 Å². The van der Waals surface area contributed by atoms with Crippen molar-refractivity contribution in [1.82, 2.24) is 20.2 Å². The highest BCUT2D eigenvalue weighted by Crippen LogP contribution is 2.17. The molecule has 1 saturated heterocycles. The van der Waals surface area contributed by atoms with Crippen molar-refractivity contribution in [2.45, 2.75) is 45.2 Å². The van der Waals surface area contributed by atoms with E-state index in [1.165, 1.54) is 18.4 Å². The van der Waals surface area contributed by atoms with Crippen LogP contribution in [0.5, 0.6) is 0 Å². The van der Waals surface area contributed by atoms with Crippen LogP contribution in [0.3, 0.4) is 0 Å². The van der Waals surface area contributed by atoms with Crippen LogP contribution in [-0.2, 0) is 24.3 Å². The van der Waals surface area contributed by atoms with Gasteiger partial charge in [0.05, 0.1) is 6.54 Å². The van der Waals surface area contributed by atoms with Crippen molar-refractivity contribution in [3.8, 4) is 0 Å². The molecule has 0 radical (unpaired) electrons. The average molecular weight is 340 g/mol. The molecule has 1 aromatic carbocycles. The van der Waals surface area contributed by atoms with Gasteiger partial charge in [-0.15, -0.1) is 0 Å². The summed E-state index contributed by atoms with van der Waals surface area (Å²) in [5, 5.41) is 6.39. The topological polar surface area (TPSA) is 59.0 Å². The molecule has 0 bridgehead atoms. The lowest BCUT2D eigenvalue weighted by atomic mass is 9.93. The van der Waals surface area contributed by atoms with Crippen LogP contribution < -0.4 is 10.6 Å². The van der Waals surface area contributed by atoms with Crippen LogP contribution in [0.15, 0.2) is 42.7 Å². The lowest BCUT2D eigenvalue weighted by Gasteiger charge is -2.22. The maximum Gasteiger partial charge on any atom is 0.220 e. The Kier molecular flexibility index (Phi) is 6.63. The normalized spacial score (nSPS) is 15.2. The number of aryl methyl sites for hydroxylation is 2. The van der Waals surface area contributed by atoms with E-state index in [9.17, 15) is 4.79 Å². The number of aromatic nitrogens is 2. The molecule has 0 atom stereocenters. The number of rotatable bonds is 8. The van der Waals surface area contributed by atoms with E-state index in [0.29, 0.717) is 18.9 Å². The van der Waals surface area contributed by atoms with Crippen molar-refractivity contribution < 1.29 is 4.79 Å². The maximum atomic E-state index is 12.1. The number of imidazole rings is 1. The second-order valence-electron chi connectivity index (χ2n) is 6.78. The first-order chi connectivity index (χ1) is 12.3. The van der Waals surface area contributed by atoms with Gasteiger partial charge in [0.15, 0.2) is 0 Å². The third-order valence-corrected chi connectivity index (χ3v) is 4.97. The zero-order valence-corrected chi connectivity index (χ0v) is 14.8. The molecule has 2 N–H and O–H groups in total. The minimum absolute atomic E-state index is 0.135. The Hall–Kier alpha value is -2.14. The predicted octanol–water partition coefficient (Wildman–Crippen LogP) is 2.52. The van der Waals surface area contributed by atoms with Crippen molar-refractivity contribution in [1.29, 1.82) is 0 Å². The molecule has 1 aliphatic heterocycles. The second-order valence-corrected chi connectivity index (χ2v) is 6.78. The van der Waals surface area contributed by atoms with Gasteiger partial charge in [-0.25, -0.2) is 4.98 Å². The van der Waals surface area contributed by atoms with Gasteiger partial charge in [0.25, 0.3) is 0 Å². The molecule has 0 spiro atoms. The van der Waals surface area contributed by atoms with Gasteiger partial charge in [-0.2, -0.15) is 0 Å². The van der Waals surface area contributed by atoms with Gasteiger partial charge < -0.3 is 15.2 Å². The molecular formula is C20H28N4O. The molecular weight excluding hydrogens is 312 g/mol. The molecule has 2 aromatic rings. The van der Waals surface area contributed by atoms with Crippen molar-refractivity contribution in [2.75, 3.05) is 13.1 Å². The molecule has 0 saturated carbocycles. The molecule has 0 unspecified atom stereocenters. The first-order valence-corrected chi connectivity index (χ1v) is 9.32. The smallest absolute Gasteiger partial charge is 0.220 e. The highest BCUT2D eigenvalue weighted by molar-refractivity contribution is 5.75. The lowest BCUT2D eigenvalue weighted by molar-refractivity contribution is -0.121. The monoisotopic (exact) mass is 340 g/mol. The molecule has 1 aliphatic rings. The van der Waals surface area contributed by atoms with Gasteiger partial charge >= 0.3 is 0 Å². The molecule has 25 heavy (non-hydrogen) atoms. The fourth-order valence-electron chi connectivity index (χ4n) is 3.38. The summed E-state index contributed by atoms with van der Waals surface area (Å²) in [7, 11) is 0. The van der Waals surface area contributed by atoms with Crippen LogP contribution in [0.4, 0.5) is 0 Å². The number of amides is 1. The number of carbonyl (C=O) groups is 1. The van der Waals surface area contributed by atoms with Crippen LogP contribution in [0.1, 0.15) is 37.1 Å².